The van der Waals surface area contributed by atoms with Gasteiger partial charge in [-0.25, -0.2) is 8.42 Å². The molecule has 1 atom stereocenters. The summed E-state index contributed by atoms with van der Waals surface area (Å²) in [4.78, 5) is 12.4. The molecule has 0 aliphatic carbocycles. The molecule has 0 aromatic heterocycles. The molecule has 0 saturated heterocycles. The van der Waals surface area contributed by atoms with Crippen LogP contribution in [-0.2, 0) is 9.84 Å². The molecule has 2 aromatic carbocycles. The van der Waals surface area contributed by atoms with Gasteiger partial charge in [-0.3, -0.25) is 10.1 Å². The Morgan fingerprint density at radius 2 is 1.92 bits per heavy atom. The largest absolute Gasteiger partial charge is 0.486 e. The zero-order valence-electron chi connectivity index (χ0n) is 14.3. The van der Waals surface area contributed by atoms with E-state index in [-0.39, 0.29) is 16.7 Å². The number of benzene rings is 2. The highest BCUT2D eigenvalue weighted by atomic mass is 32.2. The predicted molar refractivity (Wildman–Crippen MR) is 95.8 cm³/mol. The Morgan fingerprint density at radius 1 is 1.23 bits per heavy atom. The fourth-order valence-electron chi connectivity index (χ4n) is 2.76. The predicted octanol–water partition coefficient (Wildman–Crippen LogP) is 2.27. The molecule has 0 amide bonds. The van der Waals surface area contributed by atoms with Crippen molar-refractivity contribution in [2.75, 3.05) is 31.4 Å². The zero-order valence-corrected chi connectivity index (χ0v) is 15.1. The summed E-state index contributed by atoms with van der Waals surface area (Å²) < 4.78 is 34.8. The molecular weight excluding hydrogens is 360 g/mol. The van der Waals surface area contributed by atoms with Crippen molar-refractivity contribution in [1.29, 1.82) is 0 Å². The molecule has 0 radical (unpaired) electrons. The van der Waals surface area contributed by atoms with Gasteiger partial charge in [-0.1, -0.05) is 12.1 Å². The number of nitrogens with zero attached hydrogens (tertiary/aromatic N) is 2. The normalized spacial score (nSPS) is 16.2. The van der Waals surface area contributed by atoms with Crippen LogP contribution in [-0.4, -0.2) is 45.9 Å². The van der Waals surface area contributed by atoms with Gasteiger partial charge in [0.15, 0.2) is 27.4 Å². The van der Waals surface area contributed by atoms with E-state index in [9.17, 15) is 18.5 Å². The van der Waals surface area contributed by atoms with E-state index in [1.165, 1.54) is 12.1 Å². The molecule has 8 nitrogen and oxygen atoms in total. The van der Waals surface area contributed by atoms with Crippen molar-refractivity contribution in [2.45, 2.75) is 11.0 Å². The van der Waals surface area contributed by atoms with Gasteiger partial charge in [0.2, 0.25) is 0 Å². The smallest absolute Gasteiger partial charge is 0.293 e. The van der Waals surface area contributed by atoms with Gasteiger partial charge < -0.3 is 14.4 Å². The number of nitro benzene ring substituents is 1. The lowest BCUT2D eigenvalue weighted by Gasteiger charge is -2.30. The summed E-state index contributed by atoms with van der Waals surface area (Å²) in [7, 11) is -1.84. The molecule has 0 saturated carbocycles. The maximum atomic E-state index is 11.6. The maximum Gasteiger partial charge on any atom is 0.293 e. The van der Waals surface area contributed by atoms with Crippen molar-refractivity contribution in [3.05, 3.63) is 52.6 Å². The highest BCUT2D eigenvalue weighted by molar-refractivity contribution is 7.90. The average molecular weight is 378 g/mol. The molecule has 1 heterocycles. The van der Waals surface area contributed by atoms with Gasteiger partial charge in [-0.2, -0.15) is 0 Å². The number of hydrogen-bond acceptors (Lipinski definition) is 7. The lowest BCUT2D eigenvalue weighted by Crippen LogP contribution is -2.39. The summed E-state index contributed by atoms with van der Waals surface area (Å²) in [6, 6.07) is 11.2. The van der Waals surface area contributed by atoms with Crippen molar-refractivity contribution in [2.24, 2.45) is 0 Å². The first-order valence-electron chi connectivity index (χ1n) is 7.84. The molecule has 0 bridgehead atoms. The Labute approximate surface area is 151 Å². The molecule has 3 rings (SSSR count). The quantitative estimate of drug-likeness (QED) is 0.581. The van der Waals surface area contributed by atoms with Crippen molar-refractivity contribution >= 4 is 21.2 Å². The highest BCUT2D eigenvalue weighted by Crippen LogP contribution is 2.33. The van der Waals surface area contributed by atoms with Gasteiger partial charge in [0.1, 0.15) is 12.3 Å². The molecule has 2 aromatic rings. The Balaban J connectivity index is 1.82. The van der Waals surface area contributed by atoms with E-state index < -0.39 is 14.8 Å². The summed E-state index contributed by atoms with van der Waals surface area (Å²) in [6.07, 6.45) is 0.698. The fraction of sp³-hybridized carbons (Fsp3) is 0.294. The third-order valence-electron chi connectivity index (χ3n) is 4.03. The van der Waals surface area contributed by atoms with Gasteiger partial charge in [0.25, 0.3) is 5.69 Å². The number of para-hydroxylation sites is 2. The second-order valence-electron chi connectivity index (χ2n) is 6.06. The van der Waals surface area contributed by atoms with Crippen LogP contribution in [0.5, 0.6) is 11.5 Å². The van der Waals surface area contributed by atoms with E-state index in [0.29, 0.717) is 30.3 Å². The van der Waals surface area contributed by atoms with E-state index in [1.54, 1.807) is 18.0 Å². The van der Waals surface area contributed by atoms with Gasteiger partial charge >= 0.3 is 0 Å². The SMILES string of the molecule is CN(CC1COc2ccccc2O1)c1ccc(S(C)(=O)=O)cc1[N+](=O)[O-]. The van der Waals surface area contributed by atoms with Crippen LogP contribution in [0.3, 0.4) is 0 Å². The first-order chi connectivity index (χ1) is 12.3. The zero-order chi connectivity index (χ0) is 18.9. The molecule has 1 aliphatic heterocycles. The Kier molecular flexibility index (Phi) is 4.73. The van der Waals surface area contributed by atoms with Gasteiger partial charge in [0, 0.05) is 19.4 Å². The molecule has 26 heavy (non-hydrogen) atoms. The number of nitro groups is 1. The molecule has 0 fully saturated rings. The minimum absolute atomic E-state index is 0.0903. The number of ether oxygens (including phenoxy) is 2. The molecular formula is C17H18N2O6S. The molecule has 138 valence electrons. The summed E-state index contributed by atoms with van der Waals surface area (Å²) >= 11 is 0. The molecule has 0 N–H and O–H groups in total. The summed E-state index contributed by atoms with van der Waals surface area (Å²) in [6.45, 7) is 0.657. The summed E-state index contributed by atoms with van der Waals surface area (Å²) in [5.41, 5.74) is 0.0393. The minimum atomic E-state index is -3.53. The first kappa shape index (κ1) is 18.0. The van der Waals surface area contributed by atoms with E-state index in [0.717, 1.165) is 12.3 Å². The number of anilines is 1. The molecule has 1 aliphatic rings. The highest BCUT2D eigenvalue weighted by Gasteiger charge is 2.26. The van der Waals surface area contributed by atoms with Gasteiger partial charge in [-0.15, -0.1) is 0 Å². The first-order valence-corrected chi connectivity index (χ1v) is 9.73. The van der Waals surface area contributed by atoms with E-state index >= 15 is 0 Å². The molecule has 9 heteroatoms. The second-order valence-corrected chi connectivity index (χ2v) is 8.07. The van der Waals surface area contributed by atoms with E-state index in [4.69, 9.17) is 9.47 Å². The van der Waals surface area contributed by atoms with Crippen molar-refractivity contribution < 1.29 is 22.8 Å². The number of sulfone groups is 1. The lowest BCUT2D eigenvalue weighted by atomic mass is 10.2. The van der Waals surface area contributed by atoms with Crippen LogP contribution in [0.25, 0.3) is 0 Å². The molecule has 1 unspecified atom stereocenters. The van der Waals surface area contributed by atoms with E-state index in [1.807, 2.05) is 18.2 Å². The van der Waals surface area contributed by atoms with Crippen molar-refractivity contribution in [1.82, 2.24) is 0 Å². The van der Waals surface area contributed by atoms with Crippen molar-refractivity contribution in [3.63, 3.8) is 0 Å². The average Bonchev–Trinajstić information content (AvgIpc) is 2.60. The van der Waals surface area contributed by atoms with E-state index in [2.05, 4.69) is 0 Å². The summed E-state index contributed by atoms with van der Waals surface area (Å²) in [5, 5.41) is 11.4. The van der Waals surface area contributed by atoms with Crippen LogP contribution in [0.2, 0.25) is 0 Å². The Hall–Kier alpha value is -2.81. The fourth-order valence-corrected chi connectivity index (χ4v) is 3.40. The van der Waals surface area contributed by atoms with Crippen LogP contribution in [0.4, 0.5) is 11.4 Å². The van der Waals surface area contributed by atoms with Gasteiger partial charge in [0.05, 0.1) is 16.4 Å². The topological polar surface area (TPSA) is 99.0 Å². The monoisotopic (exact) mass is 378 g/mol. The van der Waals surface area contributed by atoms with Crippen LogP contribution >= 0.6 is 0 Å². The third-order valence-corrected chi connectivity index (χ3v) is 5.14. The number of fused-ring (bicyclic) bond motifs is 1. The van der Waals surface area contributed by atoms with Crippen molar-refractivity contribution in [3.8, 4) is 11.5 Å². The number of likely N-dealkylation sites (N-methyl/N-ethyl adjacent to an activating group) is 1. The second kappa shape index (κ2) is 6.83. The van der Waals surface area contributed by atoms with Crippen LogP contribution in [0, 0.1) is 10.1 Å². The van der Waals surface area contributed by atoms with Crippen LogP contribution in [0.1, 0.15) is 0 Å². The summed E-state index contributed by atoms with van der Waals surface area (Å²) in [5.74, 6) is 1.29. The minimum Gasteiger partial charge on any atom is -0.486 e. The van der Waals surface area contributed by atoms with Crippen LogP contribution < -0.4 is 14.4 Å². The number of hydrogen-bond donors (Lipinski definition) is 0. The van der Waals surface area contributed by atoms with Crippen LogP contribution in [0.15, 0.2) is 47.4 Å². The Morgan fingerprint density at radius 3 is 2.58 bits per heavy atom. The van der Waals surface area contributed by atoms with Gasteiger partial charge in [-0.05, 0) is 24.3 Å². The number of rotatable bonds is 5. The third kappa shape index (κ3) is 3.72. The Bertz CT molecular complexity index is 944. The maximum absolute atomic E-state index is 11.6. The molecule has 0 spiro atoms. The lowest BCUT2D eigenvalue weighted by molar-refractivity contribution is -0.384. The standard InChI is InChI=1S/C17H18N2O6S/c1-18(10-12-11-24-16-5-3-4-6-17(16)25-12)14-8-7-13(26(2,22)23)9-15(14)19(20)21/h3-9,12H,10-11H2,1-2H3.